The summed E-state index contributed by atoms with van der Waals surface area (Å²) in [5.41, 5.74) is 1.03. The van der Waals surface area contributed by atoms with Gasteiger partial charge in [0.25, 0.3) is 15.9 Å². The zero-order valence-corrected chi connectivity index (χ0v) is 19.3. The number of thiophene rings is 1. The van der Waals surface area contributed by atoms with E-state index in [1.165, 1.54) is 23.1 Å². The van der Waals surface area contributed by atoms with E-state index >= 15 is 0 Å². The Bertz CT molecular complexity index is 1200. The Labute approximate surface area is 191 Å². The lowest BCUT2D eigenvalue weighted by Gasteiger charge is -2.34. The highest BCUT2D eigenvalue weighted by molar-refractivity contribution is 7.92. The number of sulfonamides is 1. The molecule has 0 aliphatic carbocycles. The molecule has 1 N–H and O–H groups in total. The first kappa shape index (κ1) is 22.4. The summed E-state index contributed by atoms with van der Waals surface area (Å²) in [5, 5.41) is 2.06. The van der Waals surface area contributed by atoms with Crippen LogP contribution in [0.1, 0.15) is 20.8 Å². The summed E-state index contributed by atoms with van der Waals surface area (Å²) in [6.07, 6.45) is 0. The van der Waals surface area contributed by atoms with Crippen LogP contribution < -0.4 is 4.72 Å². The number of halogens is 1. The van der Waals surface area contributed by atoms with Gasteiger partial charge in [-0.3, -0.25) is 14.4 Å². The summed E-state index contributed by atoms with van der Waals surface area (Å²) < 4.78 is 41.5. The molecule has 6 nitrogen and oxygen atoms in total. The van der Waals surface area contributed by atoms with Crippen molar-refractivity contribution in [1.82, 2.24) is 9.80 Å². The SMILES string of the molecule is Cc1ccc(S(=O)(=O)Nc2cccc(C(=O)N3CCN(Cc4cccs4)CC3)c2)cc1F. The quantitative estimate of drug-likeness (QED) is 0.589. The predicted octanol–water partition coefficient (Wildman–Crippen LogP) is 3.95. The van der Waals surface area contributed by atoms with Gasteiger partial charge < -0.3 is 4.90 Å². The van der Waals surface area contributed by atoms with Crippen molar-refractivity contribution in [1.29, 1.82) is 0 Å². The van der Waals surface area contributed by atoms with Crippen LogP contribution in [0.5, 0.6) is 0 Å². The smallest absolute Gasteiger partial charge is 0.261 e. The van der Waals surface area contributed by atoms with Crippen LogP contribution in [0.3, 0.4) is 0 Å². The molecule has 0 radical (unpaired) electrons. The molecule has 1 saturated heterocycles. The molecule has 0 bridgehead atoms. The molecule has 1 amide bonds. The van der Waals surface area contributed by atoms with Crippen LogP contribution in [0.15, 0.2) is 64.9 Å². The third kappa shape index (κ3) is 5.17. The number of piperazine rings is 1. The molecule has 1 aliphatic rings. The van der Waals surface area contributed by atoms with Gasteiger partial charge in [0, 0.05) is 48.9 Å². The predicted molar refractivity (Wildman–Crippen MR) is 124 cm³/mol. The zero-order chi connectivity index (χ0) is 22.7. The van der Waals surface area contributed by atoms with Gasteiger partial charge in [-0.05, 0) is 54.3 Å². The molecule has 2 aromatic carbocycles. The summed E-state index contributed by atoms with van der Waals surface area (Å²) in [4.78, 5) is 18.2. The van der Waals surface area contributed by atoms with Crippen LogP contribution in [0.2, 0.25) is 0 Å². The van der Waals surface area contributed by atoms with Crippen LogP contribution in [0.4, 0.5) is 10.1 Å². The number of nitrogens with one attached hydrogen (secondary N) is 1. The normalized spacial score (nSPS) is 15.0. The van der Waals surface area contributed by atoms with E-state index in [-0.39, 0.29) is 16.5 Å². The molecule has 0 unspecified atom stereocenters. The second kappa shape index (κ2) is 9.40. The Balaban J connectivity index is 1.41. The van der Waals surface area contributed by atoms with Gasteiger partial charge in [-0.1, -0.05) is 18.2 Å². The fourth-order valence-electron chi connectivity index (χ4n) is 3.59. The first-order valence-electron chi connectivity index (χ1n) is 10.2. The summed E-state index contributed by atoms with van der Waals surface area (Å²) in [5.74, 6) is -0.724. The second-order valence-corrected chi connectivity index (χ2v) is 10.5. The average molecular weight is 474 g/mol. The van der Waals surface area contributed by atoms with Crippen LogP contribution >= 0.6 is 11.3 Å². The largest absolute Gasteiger partial charge is 0.336 e. The maximum absolute atomic E-state index is 13.8. The van der Waals surface area contributed by atoms with Crippen molar-refractivity contribution in [2.45, 2.75) is 18.4 Å². The number of rotatable bonds is 6. The van der Waals surface area contributed by atoms with E-state index in [1.807, 2.05) is 6.07 Å². The molecule has 0 atom stereocenters. The Morgan fingerprint density at radius 3 is 2.53 bits per heavy atom. The first-order valence-corrected chi connectivity index (χ1v) is 12.6. The van der Waals surface area contributed by atoms with E-state index in [0.717, 1.165) is 25.7 Å². The maximum Gasteiger partial charge on any atom is 0.261 e. The van der Waals surface area contributed by atoms with Crippen LogP contribution in [0, 0.1) is 12.7 Å². The van der Waals surface area contributed by atoms with Gasteiger partial charge in [0.2, 0.25) is 0 Å². The van der Waals surface area contributed by atoms with Gasteiger partial charge in [0.15, 0.2) is 0 Å². The van der Waals surface area contributed by atoms with E-state index < -0.39 is 15.8 Å². The highest BCUT2D eigenvalue weighted by Crippen LogP contribution is 2.21. The molecular weight excluding hydrogens is 449 g/mol. The molecule has 0 saturated carbocycles. The van der Waals surface area contributed by atoms with Gasteiger partial charge in [0.1, 0.15) is 5.82 Å². The molecule has 32 heavy (non-hydrogen) atoms. The molecule has 2 heterocycles. The van der Waals surface area contributed by atoms with E-state index in [9.17, 15) is 17.6 Å². The fourth-order valence-corrected chi connectivity index (χ4v) is 5.39. The minimum Gasteiger partial charge on any atom is -0.336 e. The number of carbonyl (C=O) groups excluding carboxylic acids is 1. The molecular formula is C23H24FN3O3S2. The molecule has 4 rings (SSSR count). The number of carbonyl (C=O) groups is 1. The van der Waals surface area contributed by atoms with Crippen molar-refractivity contribution >= 4 is 33.0 Å². The van der Waals surface area contributed by atoms with Crippen molar-refractivity contribution < 1.29 is 17.6 Å². The Kier molecular flexibility index (Phi) is 6.59. The summed E-state index contributed by atoms with van der Waals surface area (Å²) >= 11 is 1.73. The lowest BCUT2D eigenvalue weighted by atomic mass is 10.1. The van der Waals surface area contributed by atoms with Crippen molar-refractivity contribution in [3.05, 3.63) is 81.8 Å². The monoisotopic (exact) mass is 473 g/mol. The average Bonchev–Trinajstić information content (AvgIpc) is 3.28. The Morgan fingerprint density at radius 2 is 1.84 bits per heavy atom. The fraction of sp³-hybridized carbons (Fsp3) is 0.261. The second-order valence-electron chi connectivity index (χ2n) is 7.75. The zero-order valence-electron chi connectivity index (χ0n) is 17.6. The number of nitrogens with zero attached hydrogens (tertiary/aromatic N) is 2. The number of benzene rings is 2. The molecule has 1 aliphatic heterocycles. The van der Waals surface area contributed by atoms with Gasteiger partial charge in [-0.2, -0.15) is 0 Å². The highest BCUT2D eigenvalue weighted by atomic mass is 32.2. The van der Waals surface area contributed by atoms with Crippen LogP contribution in [0.25, 0.3) is 0 Å². The Morgan fingerprint density at radius 1 is 1.06 bits per heavy atom. The van der Waals surface area contributed by atoms with E-state index in [1.54, 1.807) is 41.4 Å². The van der Waals surface area contributed by atoms with E-state index in [4.69, 9.17) is 0 Å². The van der Waals surface area contributed by atoms with E-state index in [2.05, 4.69) is 21.1 Å². The Hall–Kier alpha value is -2.75. The summed E-state index contributed by atoms with van der Waals surface area (Å²) in [6.45, 7) is 5.25. The molecule has 168 valence electrons. The molecule has 1 aromatic heterocycles. The third-order valence-electron chi connectivity index (χ3n) is 5.43. The van der Waals surface area contributed by atoms with Gasteiger partial charge in [-0.25, -0.2) is 12.8 Å². The van der Waals surface area contributed by atoms with Crippen molar-refractivity contribution in [3.63, 3.8) is 0 Å². The van der Waals surface area contributed by atoms with Gasteiger partial charge in [0.05, 0.1) is 4.90 Å². The van der Waals surface area contributed by atoms with E-state index in [0.29, 0.717) is 24.2 Å². The number of hydrogen-bond acceptors (Lipinski definition) is 5. The minimum atomic E-state index is -3.97. The van der Waals surface area contributed by atoms with Gasteiger partial charge >= 0.3 is 0 Å². The maximum atomic E-state index is 13.8. The number of anilines is 1. The van der Waals surface area contributed by atoms with Crippen LogP contribution in [-0.2, 0) is 16.6 Å². The molecule has 0 spiro atoms. The third-order valence-corrected chi connectivity index (χ3v) is 7.67. The molecule has 9 heteroatoms. The summed E-state index contributed by atoms with van der Waals surface area (Å²) in [6, 6.07) is 14.3. The standard InChI is InChI=1S/C23H24FN3O3S2/c1-17-7-8-21(15-22(17)24)32(29,30)25-19-5-2-4-18(14-19)23(28)27-11-9-26(10-12-27)16-20-6-3-13-31-20/h2-8,13-15,25H,9-12,16H2,1H3. The van der Waals surface area contributed by atoms with Crippen molar-refractivity contribution in [3.8, 4) is 0 Å². The van der Waals surface area contributed by atoms with Gasteiger partial charge in [-0.15, -0.1) is 11.3 Å². The lowest BCUT2D eigenvalue weighted by molar-refractivity contribution is 0.0629. The number of hydrogen-bond donors (Lipinski definition) is 1. The van der Waals surface area contributed by atoms with Crippen LogP contribution in [-0.4, -0.2) is 50.3 Å². The minimum absolute atomic E-state index is 0.136. The summed E-state index contributed by atoms with van der Waals surface area (Å²) in [7, 11) is -3.97. The number of amides is 1. The molecule has 3 aromatic rings. The van der Waals surface area contributed by atoms with Crippen molar-refractivity contribution in [2.75, 3.05) is 30.9 Å². The molecule has 1 fully saturated rings. The highest BCUT2D eigenvalue weighted by Gasteiger charge is 2.23. The first-order chi connectivity index (χ1) is 15.3. The number of aryl methyl sites for hydroxylation is 1. The lowest BCUT2D eigenvalue weighted by Crippen LogP contribution is -2.48. The topological polar surface area (TPSA) is 69.7 Å². The van der Waals surface area contributed by atoms with Crippen molar-refractivity contribution in [2.24, 2.45) is 0 Å².